The van der Waals surface area contributed by atoms with Crippen LogP contribution in [0.25, 0.3) is 0 Å². The highest BCUT2D eigenvalue weighted by atomic mass is 32.2. The van der Waals surface area contributed by atoms with Crippen LogP contribution >= 0.6 is 0 Å². The van der Waals surface area contributed by atoms with Crippen molar-refractivity contribution in [3.8, 4) is 0 Å². The fourth-order valence-electron chi connectivity index (χ4n) is 2.29. The van der Waals surface area contributed by atoms with E-state index in [1.807, 2.05) is 0 Å². The summed E-state index contributed by atoms with van der Waals surface area (Å²) in [6, 6.07) is 0.115. The zero-order valence-electron chi connectivity index (χ0n) is 11.7. The van der Waals surface area contributed by atoms with Gasteiger partial charge in [0.25, 0.3) is 0 Å². The summed E-state index contributed by atoms with van der Waals surface area (Å²) in [4.78, 5) is 11.1. The summed E-state index contributed by atoms with van der Waals surface area (Å²) in [5, 5.41) is 3.30. The van der Waals surface area contributed by atoms with Gasteiger partial charge in [-0.25, -0.2) is 8.42 Å². The largest absolute Gasteiger partial charge is 0.466 e. The second-order valence-electron chi connectivity index (χ2n) is 5.02. The number of ether oxygens (including phenoxy) is 1. The molecule has 112 valence electrons. The van der Waals surface area contributed by atoms with Crippen LogP contribution in [0.2, 0.25) is 0 Å². The van der Waals surface area contributed by atoms with Crippen LogP contribution in [0.4, 0.5) is 0 Å². The Kier molecular flexibility index (Phi) is 7.38. The number of hydrogen-bond donors (Lipinski definition) is 1. The van der Waals surface area contributed by atoms with E-state index in [1.165, 1.54) is 0 Å². The van der Waals surface area contributed by atoms with E-state index in [9.17, 15) is 13.2 Å². The summed E-state index contributed by atoms with van der Waals surface area (Å²) in [5.41, 5.74) is 0. The van der Waals surface area contributed by atoms with E-state index < -0.39 is 9.84 Å². The number of carbonyl (C=O) groups excluding carboxylic acids is 1. The molecule has 19 heavy (non-hydrogen) atoms. The zero-order valence-corrected chi connectivity index (χ0v) is 12.5. The molecule has 0 aromatic carbocycles. The van der Waals surface area contributed by atoms with Crippen molar-refractivity contribution in [3.63, 3.8) is 0 Å². The maximum absolute atomic E-state index is 11.4. The number of rotatable bonds is 8. The summed E-state index contributed by atoms with van der Waals surface area (Å²) in [5.74, 6) is 0.481. The molecular weight excluding hydrogens is 266 g/mol. The molecule has 1 unspecified atom stereocenters. The summed E-state index contributed by atoms with van der Waals surface area (Å²) in [6.07, 6.45) is 4.96. The molecule has 0 spiro atoms. The Morgan fingerprint density at radius 3 is 2.79 bits per heavy atom. The Labute approximate surface area is 116 Å². The molecular formula is C13H25NO4S. The van der Waals surface area contributed by atoms with E-state index in [2.05, 4.69) is 5.32 Å². The van der Waals surface area contributed by atoms with E-state index in [1.54, 1.807) is 6.92 Å². The number of unbranched alkanes of at least 4 members (excludes halogenated alkanes) is 2. The maximum atomic E-state index is 11.4. The smallest absolute Gasteiger partial charge is 0.305 e. The van der Waals surface area contributed by atoms with Gasteiger partial charge in [-0.3, -0.25) is 4.79 Å². The first kappa shape index (κ1) is 16.4. The van der Waals surface area contributed by atoms with E-state index in [0.29, 0.717) is 18.8 Å². The third kappa shape index (κ3) is 7.52. The van der Waals surface area contributed by atoms with Gasteiger partial charge < -0.3 is 10.1 Å². The van der Waals surface area contributed by atoms with Crippen LogP contribution in [0.5, 0.6) is 0 Å². The Balaban J connectivity index is 2.00. The Bertz CT molecular complexity index is 367. The SMILES string of the molecule is CCOC(=O)CCCCCNC1CCCS(=O)(=O)C1. The molecule has 1 N–H and O–H groups in total. The zero-order chi connectivity index (χ0) is 14.1. The Morgan fingerprint density at radius 1 is 1.32 bits per heavy atom. The summed E-state index contributed by atoms with van der Waals surface area (Å²) in [7, 11) is -2.82. The second-order valence-corrected chi connectivity index (χ2v) is 7.25. The average molecular weight is 291 g/mol. The maximum Gasteiger partial charge on any atom is 0.305 e. The average Bonchev–Trinajstić information content (AvgIpc) is 2.33. The van der Waals surface area contributed by atoms with Crippen molar-refractivity contribution in [1.82, 2.24) is 5.32 Å². The van der Waals surface area contributed by atoms with Crippen molar-refractivity contribution < 1.29 is 17.9 Å². The van der Waals surface area contributed by atoms with Crippen LogP contribution in [0.15, 0.2) is 0 Å². The van der Waals surface area contributed by atoms with Gasteiger partial charge in [0.1, 0.15) is 0 Å². The van der Waals surface area contributed by atoms with Crippen LogP contribution in [0.3, 0.4) is 0 Å². The molecule has 0 radical (unpaired) electrons. The predicted molar refractivity (Wildman–Crippen MR) is 74.8 cm³/mol. The molecule has 1 heterocycles. The minimum Gasteiger partial charge on any atom is -0.466 e. The van der Waals surface area contributed by atoms with Crippen LogP contribution in [-0.2, 0) is 19.4 Å². The molecule has 0 amide bonds. The van der Waals surface area contributed by atoms with Gasteiger partial charge >= 0.3 is 5.97 Å². The molecule has 5 nitrogen and oxygen atoms in total. The molecule has 1 rings (SSSR count). The van der Waals surface area contributed by atoms with Crippen molar-refractivity contribution in [3.05, 3.63) is 0 Å². The molecule has 0 bridgehead atoms. The normalized spacial score (nSPS) is 22.1. The van der Waals surface area contributed by atoms with Gasteiger partial charge in [0.05, 0.1) is 18.1 Å². The third-order valence-electron chi connectivity index (χ3n) is 3.26. The number of carbonyl (C=O) groups is 1. The highest BCUT2D eigenvalue weighted by molar-refractivity contribution is 7.91. The minimum absolute atomic E-state index is 0.115. The minimum atomic E-state index is -2.82. The Morgan fingerprint density at radius 2 is 2.11 bits per heavy atom. The fourth-order valence-corrected chi connectivity index (χ4v) is 3.97. The number of hydrogen-bond acceptors (Lipinski definition) is 5. The predicted octanol–water partition coefficient (Wildman–Crippen LogP) is 1.28. The van der Waals surface area contributed by atoms with Gasteiger partial charge in [0.2, 0.25) is 0 Å². The molecule has 6 heteroatoms. The van der Waals surface area contributed by atoms with Gasteiger partial charge in [0.15, 0.2) is 9.84 Å². The standard InChI is InChI=1S/C13H25NO4S/c1-2-18-13(15)8-4-3-5-9-14-12-7-6-10-19(16,17)11-12/h12,14H,2-11H2,1H3. The molecule has 0 aromatic heterocycles. The molecule has 1 saturated heterocycles. The van der Waals surface area contributed by atoms with Crippen LogP contribution < -0.4 is 5.32 Å². The van der Waals surface area contributed by atoms with E-state index >= 15 is 0 Å². The Hall–Kier alpha value is -0.620. The van der Waals surface area contributed by atoms with Crippen molar-refractivity contribution in [2.24, 2.45) is 0 Å². The van der Waals surface area contributed by atoms with Gasteiger partial charge in [-0.1, -0.05) is 6.42 Å². The van der Waals surface area contributed by atoms with Crippen LogP contribution in [0, 0.1) is 0 Å². The lowest BCUT2D eigenvalue weighted by Crippen LogP contribution is -2.40. The molecule has 0 aliphatic carbocycles. The summed E-state index contributed by atoms with van der Waals surface area (Å²) < 4.78 is 27.7. The number of esters is 1. The monoisotopic (exact) mass is 291 g/mol. The number of nitrogens with one attached hydrogen (secondary N) is 1. The van der Waals surface area contributed by atoms with Crippen molar-refractivity contribution in [1.29, 1.82) is 0 Å². The molecule has 1 aliphatic heterocycles. The molecule has 0 aromatic rings. The molecule has 0 saturated carbocycles. The van der Waals surface area contributed by atoms with Crippen molar-refractivity contribution in [2.45, 2.75) is 51.5 Å². The molecule has 1 atom stereocenters. The first-order valence-corrected chi connectivity index (χ1v) is 8.95. The number of sulfone groups is 1. The van der Waals surface area contributed by atoms with E-state index in [0.717, 1.165) is 38.6 Å². The third-order valence-corrected chi connectivity index (χ3v) is 5.08. The van der Waals surface area contributed by atoms with E-state index in [-0.39, 0.29) is 17.8 Å². The quantitative estimate of drug-likeness (QED) is 0.539. The van der Waals surface area contributed by atoms with Gasteiger partial charge in [0, 0.05) is 12.5 Å². The van der Waals surface area contributed by atoms with Gasteiger partial charge in [-0.2, -0.15) is 0 Å². The lowest BCUT2D eigenvalue weighted by atomic mass is 10.1. The lowest BCUT2D eigenvalue weighted by Gasteiger charge is -2.23. The van der Waals surface area contributed by atoms with Gasteiger partial charge in [-0.15, -0.1) is 0 Å². The summed E-state index contributed by atoms with van der Waals surface area (Å²) >= 11 is 0. The highest BCUT2D eigenvalue weighted by Crippen LogP contribution is 2.12. The van der Waals surface area contributed by atoms with Crippen molar-refractivity contribution in [2.75, 3.05) is 24.7 Å². The van der Waals surface area contributed by atoms with E-state index in [4.69, 9.17) is 4.74 Å². The van der Waals surface area contributed by atoms with Crippen LogP contribution in [0.1, 0.15) is 45.4 Å². The second kappa shape index (κ2) is 8.53. The fraction of sp³-hybridized carbons (Fsp3) is 0.923. The first-order valence-electron chi connectivity index (χ1n) is 7.13. The van der Waals surface area contributed by atoms with Gasteiger partial charge in [-0.05, 0) is 39.2 Å². The molecule has 1 aliphatic rings. The lowest BCUT2D eigenvalue weighted by molar-refractivity contribution is -0.143. The van der Waals surface area contributed by atoms with Crippen LogP contribution in [-0.4, -0.2) is 45.1 Å². The highest BCUT2D eigenvalue weighted by Gasteiger charge is 2.23. The van der Waals surface area contributed by atoms with Crippen molar-refractivity contribution >= 4 is 15.8 Å². The molecule has 1 fully saturated rings. The summed E-state index contributed by atoms with van der Waals surface area (Å²) in [6.45, 7) is 3.07. The first-order chi connectivity index (χ1) is 9.03. The topological polar surface area (TPSA) is 72.5 Å².